The van der Waals surface area contributed by atoms with Crippen LogP contribution in [0.4, 0.5) is 17.1 Å². The van der Waals surface area contributed by atoms with Gasteiger partial charge in [-0.2, -0.15) is 0 Å². The van der Waals surface area contributed by atoms with Crippen molar-refractivity contribution in [3.8, 4) is 50.2 Å². The Labute approximate surface area is 383 Å². The smallest absolute Gasteiger partial charge is 0.0541 e. The van der Waals surface area contributed by atoms with Gasteiger partial charge in [-0.15, -0.1) is 0 Å². The fraction of sp³-hybridized carbons (Fsp3) is 0. The van der Waals surface area contributed by atoms with Gasteiger partial charge in [0.05, 0.1) is 33.8 Å². The summed E-state index contributed by atoms with van der Waals surface area (Å²) in [4.78, 5) is 2.51. The summed E-state index contributed by atoms with van der Waals surface area (Å²) in [5.41, 5.74) is 16.4. The maximum absolute atomic E-state index is 2.51. The summed E-state index contributed by atoms with van der Waals surface area (Å²) in [6.45, 7) is 0. The summed E-state index contributed by atoms with van der Waals surface area (Å²) in [6.07, 6.45) is 0. The van der Waals surface area contributed by atoms with Gasteiger partial charge in [-0.05, 0) is 91.3 Å². The lowest BCUT2D eigenvalue weighted by molar-refractivity contribution is 1.20. The summed E-state index contributed by atoms with van der Waals surface area (Å²) in [6, 6.07) is 93.3. The van der Waals surface area contributed by atoms with Gasteiger partial charge in [0.15, 0.2) is 0 Å². The number of para-hydroxylation sites is 4. The SMILES string of the molecule is c1ccc(-c2ccc(-c3ccccc3N(c3ccccc3-c3ccc(-c4ccccc4)cc3)c3ccc4ccc5c(-n6c7ccccc7c7ccccc76)ccc6ccc3c4c65)cc2)cc1. The lowest BCUT2D eigenvalue weighted by Crippen LogP contribution is -2.13. The fourth-order valence-electron chi connectivity index (χ4n) is 10.5. The van der Waals surface area contributed by atoms with Gasteiger partial charge in [0.1, 0.15) is 0 Å². The minimum atomic E-state index is 1.11. The van der Waals surface area contributed by atoms with E-state index < -0.39 is 0 Å². The van der Waals surface area contributed by atoms with Crippen molar-refractivity contribution in [3.05, 3.63) is 255 Å². The molecule has 2 heteroatoms. The van der Waals surface area contributed by atoms with Crippen LogP contribution in [0.5, 0.6) is 0 Å². The molecule has 1 heterocycles. The lowest BCUT2D eigenvalue weighted by atomic mass is 9.91. The summed E-state index contributed by atoms with van der Waals surface area (Å²) in [5, 5.41) is 9.96. The average Bonchev–Trinajstić information content (AvgIpc) is 3.73. The lowest BCUT2D eigenvalue weighted by Gasteiger charge is -2.31. The first kappa shape index (κ1) is 37.8. The first-order valence-electron chi connectivity index (χ1n) is 22.8. The van der Waals surface area contributed by atoms with E-state index in [-0.39, 0.29) is 0 Å². The molecule has 0 aliphatic rings. The van der Waals surface area contributed by atoms with Crippen LogP contribution in [0, 0.1) is 0 Å². The van der Waals surface area contributed by atoms with Crippen LogP contribution in [-0.4, -0.2) is 4.57 Å². The quantitative estimate of drug-likeness (QED) is 0.138. The van der Waals surface area contributed by atoms with Gasteiger partial charge >= 0.3 is 0 Å². The molecular formula is C64H42N2. The Kier molecular flexibility index (Phi) is 8.89. The predicted molar refractivity (Wildman–Crippen MR) is 281 cm³/mol. The maximum atomic E-state index is 2.51. The van der Waals surface area contributed by atoms with Gasteiger partial charge in [-0.3, -0.25) is 0 Å². The Hall–Kier alpha value is -8.72. The Morgan fingerprint density at radius 2 is 0.636 bits per heavy atom. The molecule has 0 radical (unpaired) electrons. The first-order valence-corrected chi connectivity index (χ1v) is 22.8. The van der Waals surface area contributed by atoms with E-state index in [1.165, 1.54) is 82.1 Å². The zero-order chi connectivity index (χ0) is 43.6. The Bertz CT molecular complexity index is 3720. The van der Waals surface area contributed by atoms with Gasteiger partial charge in [0, 0.05) is 32.7 Å². The monoisotopic (exact) mass is 838 g/mol. The topological polar surface area (TPSA) is 8.17 Å². The van der Waals surface area contributed by atoms with Gasteiger partial charge in [0.25, 0.3) is 0 Å². The number of fused-ring (bicyclic) bond motifs is 3. The van der Waals surface area contributed by atoms with Crippen molar-refractivity contribution < 1.29 is 0 Å². The normalized spacial score (nSPS) is 11.6. The molecule has 1 aromatic heterocycles. The van der Waals surface area contributed by atoms with Crippen LogP contribution >= 0.6 is 0 Å². The van der Waals surface area contributed by atoms with Crippen molar-refractivity contribution in [1.82, 2.24) is 4.57 Å². The molecule has 2 nitrogen and oxygen atoms in total. The predicted octanol–water partition coefficient (Wildman–Crippen LogP) is 17.8. The first-order chi connectivity index (χ1) is 32.8. The van der Waals surface area contributed by atoms with Crippen LogP contribution in [-0.2, 0) is 0 Å². The molecule has 13 rings (SSSR count). The molecule has 0 aliphatic heterocycles. The van der Waals surface area contributed by atoms with Crippen LogP contribution in [0.3, 0.4) is 0 Å². The van der Waals surface area contributed by atoms with Gasteiger partial charge in [-0.1, -0.05) is 218 Å². The number of hydrogen-bond acceptors (Lipinski definition) is 1. The van der Waals surface area contributed by atoms with Crippen LogP contribution in [0.1, 0.15) is 0 Å². The van der Waals surface area contributed by atoms with Crippen molar-refractivity contribution in [2.24, 2.45) is 0 Å². The Morgan fingerprint density at radius 1 is 0.242 bits per heavy atom. The van der Waals surface area contributed by atoms with E-state index in [4.69, 9.17) is 0 Å². The van der Waals surface area contributed by atoms with Crippen molar-refractivity contribution in [3.63, 3.8) is 0 Å². The molecule has 0 unspecified atom stereocenters. The highest BCUT2D eigenvalue weighted by molar-refractivity contribution is 6.28. The number of anilines is 3. The second kappa shape index (κ2) is 15.5. The number of aromatic nitrogens is 1. The summed E-state index contributed by atoms with van der Waals surface area (Å²) in [7, 11) is 0. The molecule has 0 bridgehead atoms. The third kappa shape index (κ3) is 6.11. The van der Waals surface area contributed by atoms with Gasteiger partial charge in [-0.25, -0.2) is 0 Å². The third-order valence-electron chi connectivity index (χ3n) is 13.6. The van der Waals surface area contributed by atoms with Crippen molar-refractivity contribution >= 4 is 71.2 Å². The van der Waals surface area contributed by atoms with E-state index in [0.717, 1.165) is 39.3 Å². The van der Waals surface area contributed by atoms with Gasteiger partial charge in [0.2, 0.25) is 0 Å². The molecule has 0 saturated carbocycles. The molecule has 0 N–H and O–H groups in total. The summed E-state index contributed by atoms with van der Waals surface area (Å²) in [5.74, 6) is 0. The van der Waals surface area contributed by atoms with E-state index in [1.54, 1.807) is 0 Å². The highest BCUT2D eigenvalue weighted by atomic mass is 15.1. The molecule has 0 amide bonds. The molecule has 12 aromatic carbocycles. The standard InChI is InChI=1S/C64H42N2/c1-3-15-43(16-4-1)45-27-31-47(32-28-45)51-19-7-11-23-57(51)65(58-24-12-8-20-52(58)48-33-29-46(30-34-48)44-17-5-2-6-18-44)61-41-37-49-36-40-56-62(42-38-50-35-39-55(61)63(49)64(50)56)66-59-25-13-9-21-53(59)54-22-10-14-26-60(54)66/h1-42H. The van der Waals surface area contributed by atoms with Crippen LogP contribution in [0.25, 0.3) is 104 Å². The molecule has 66 heavy (non-hydrogen) atoms. The molecule has 0 aliphatic carbocycles. The molecular weight excluding hydrogens is 797 g/mol. The zero-order valence-electron chi connectivity index (χ0n) is 36.1. The maximum Gasteiger partial charge on any atom is 0.0541 e. The molecule has 0 spiro atoms. The zero-order valence-corrected chi connectivity index (χ0v) is 36.1. The van der Waals surface area contributed by atoms with E-state index in [9.17, 15) is 0 Å². The minimum Gasteiger partial charge on any atom is -0.309 e. The van der Waals surface area contributed by atoms with E-state index >= 15 is 0 Å². The highest BCUT2D eigenvalue weighted by Crippen LogP contribution is 2.50. The van der Waals surface area contributed by atoms with Crippen molar-refractivity contribution in [1.29, 1.82) is 0 Å². The Balaban J connectivity index is 1.05. The molecule has 13 aromatic rings. The van der Waals surface area contributed by atoms with Gasteiger partial charge < -0.3 is 9.47 Å². The van der Waals surface area contributed by atoms with Crippen LogP contribution in [0.15, 0.2) is 255 Å². The van der Waals surface area contributed by atoms with Crippen LogP contribution < -0.4 is 4.90 Å². The Morgan fingerprint density at radius 3 is 1.18 bits per heavy atom. The molecule has 308 valence electrons. The van der Waals surface area contributed by atoms with Crippen molar-refractivity contribution in [2.75, 3.05) is 4.90 Å². The van der Waals surface area contributed by atoms with E-state index in [1.807, 2.05) is 0 Å². The minimum absolute atomic E-state index is 1.11. The average molecular weight is 839 g/mol. The molecule has 0 atom stereocenters. The number of benzene rings is 12. The van der Waals surface area contributed by atoms with Crippen LogP contribution in [0.2, 0.25) is 0 Å². The largest absolute Gasteiger partial charge is 0.309 e. The number of hydrogen-bond donors (Lipinski definition) is 0. The number of nitrogens with zero attached hydrogens (tertiary/aromatic N) is 2. The molecule has 0 fully saturated rings. The van der Waals surface area contributed by atoms with Crippen molar-refractivity contribution in [2.45, 2.75) is 0 Å². The third-order valence-corrected chi connectivity index (χ3v) is 13.6. The molecule has 0 saturated heterocycles. The van der Waals surface area contributed by atoms with E-state index in [2.05, 4.69) is 264 Å². The summed E-state index contributed by atoms with van der Waals surface area (Å²) >= 11 is 0. The fourth-order valence-corrected chi connectivity index (χ4v) is 10.5. The number of rotatable bonds is 8. The second-order valence-corrected chi connectivity index (χ2v) is 17.2. The summed E-state index contributed by atoms with van der Waals surface area (Å²) < 4.78 is 2.46. The van der Waals surface area contributed by atoms with E-state index in [0.29, 0.717) is 0 Å². The highest BCUT2D eigenvalue weighted by Gasteiger charge is 2.24. The second-order valence-electron chi connectivity index (χ2n) is 17.2.